The summed E-state index contributed by atoms with van der Waals surface area (Å²) in [5.74, 6) is 0.900. The van der Waals surface area contributed by atoms with Gasteiger partial charge in [0.15, 0.2) is 0 Å². The zero-order chi connectivity index (χ0) is 14.3. The Morgan fingerprint density at radius 1 is 1.42 bits per heavy atom. The molecule has 0 bridgehead atoms. The van der Waals surface area contributed by atoms with Gasteiger partial charge in [0.25, 0.3) is 0 Å². The molecule has 0 aliphatic carbocycles. The van der Waals surface area contributed by atoms with Gasteiger partial charge in [0.05, 0.1) is 7.11 Å². The topological polar surface area (TPSA) is 24.5 Å². The van der Waals surface area contributed by atoms with E-state index in [-0.39, 0.29) is 0 Å². The summed E-state index contributed by atoms with van der Waals surface area (Å²) >= 11 is 3.57. The number of nitrogens with one attached hydrogen (secondary N) is 1. The van der Waals surface area contributed by atoms with Gasteiger partial charge in [-0.3, -0.25) is 0 Å². The molecule has 1 aromatic rings. The maximum absolute atomic E-state index is 5.24. The summed E-state index contributed by atoms with van der Waals surface area (Å²) in [5, 5.41) is 3.48. The molecular weight excluding hydrogens is 304 g/mol. The standard InChI is InChI=1S/C15H25BrN2O/c1-5-12(2)18(3)9-8-17-11-13-10-14(19-4)6-7-15(13)16/h6-7,10,12,17H,5,8-9,11H2,1-4H3. The van der Waals surface area contributed by atoms with Gasteiger partial charge < -0.3 is 15.0 Å². The molecule has 108 valence electrons. The second-order valence-corrected chi connectivity index (χ2v) is 5.73. The van der Waals surface area contributed by atoms with Crippen molar-refractivity contribution in [2.45, 2.75) is 32.9 Å². The van der Waals surface area contributed by atoms with Gasteiger partial charge in [-0.15, -0.1) is 0 Å². The smallest absolute Gasteiger partial charge is 0.119 e. The molecule has 0 radical (unpaired) electrons. The SMILES string of the molecule is CCC(C)N(C)CCNCc1cc(OC)ccc1Br. The fourth-order valence-corrected chi connectivity index (χ4v) is 2.21. The summed E-state index contributed by atoms with van der Waals surface area (Å²) < 4.78 is 6.36. The van der Waals surface area contributed by atoms with Crippen molar-refractivity contribution in [2.24, 2.45) is 0 Å². The number of likely N-dealkylation sites (N-methyl/N-ethyl adjacent to an activating group) is 1. The van der Waals surface area contributed by atoms with Crippen LogP contribution in [0.3, 0.4) is 0 Å². The van der Waals surface area contributed by atoms with Crippen LogP contribution in [0.25, 0.3) is 0 Å². The lowest BCUT2D eigenvalue weighted by molar-refractivity contribution is 0.251. The van der Waals surface area contributed by atoms with Crippen LogP contribution in [0.1, 0.15) is 25.8 Å². The highest BCUT2D eigenvalue weighted by atomic mass is 79.9. The predicted octanol–water partition coefficient (Wildman–Crippen LogP) is 3.28. The van der Waals surface area contributed by atoms with Gasteiger partial charge in [-0.1, -0.05) is 22.9 Å². The van der Waals surface area contributed by atoms with E-state index in [1.165, 1.54) is 12.0 Å². The second-order valence-electron chi connectivity index (χ2n) is 4.87. The number of methoxy groups -OCH3 is 1. The van der Waals surface area contributed by atoms with Crippen LogP contribution in [-0.2, 0) is 6.54 Å². The maximum atomic E-state index is 5.24. The summed E-state index contributed by atoms with van der Waals surface area (Å²) in [6.45, 7) is 7.40. The molecular formula is C15H25BrN2O. The molecule has 1 atom stereocenters. The van der Waals surface area contributed by atoms with Crippen LogP contribution in [-0.4, -0.2) is 38.2 Å². The molecule has 0 aromatic heterocycles. The van der Waals surface area contributed by atoms with Gasteiger partial charge in [0.1, 0.15) is 5.75 Å². The lowest BCUT2D eigenvalue weighted by Crippen LogP contribution is -2.34. The third-order valence-corrected chi connectivity index (χ3v) is 4.33. The highest BCUT2D eigenvalue weighted by Crippen LogP contribution is 2.22. The van der Waals surface area contributed by atoms with Crippen molar-refractivity contribution in [1.29, 1.82) is 0 Å². The highest BCUT2D eigenvalue weighted by molar-refractivity contribution is 9.10. The molecule has 19 heavy (non-hydrogen) atoms. The average Bonchev–Trinajstić information content (AvgIpc) is 2.44. The van der Waals surface area contributed by atoms with Crippen molar-refractivity contribution < 1.29 is 4.74 Å². The van der Waals surface area contributed by atoms with Crippen LogP contribution < -0.4 is 10.1 Å². The van der Waals surface area contributed by atoms with Crippen molar-refractivity contribution in [2.75, 3.05) is 27.2 Å². The molecule has 0 heterocycles. The highest BCUT2D eigenvalue weighted by Gasteiger charge is 2.06. The Hall–Kier alpha value is -0.580. The summed E-state index contributed by atoms with van der Waals surface area (Å²) in [7, 11) is 3.87. The Labute approximate surface area is 125 Å². The first-order valence-electron chi connectivity index (χ1n) is 6.81. The normalized spacial score (nSPS) is 12.7. The minimum atomic E-state index is 0.644. The van der Waals surface area contributed by atoms with Crippen molar-refractivity contribution in [3.63, 3.8) is 0 Å². The largest absolute Gasteiger partial charge is 0.497 e. The van der Waals surface area contributed by atoms with Gasteiger partial charge in [-0.25, -0.2) is 0 Å². The fraction of sp³-hybridized carbons (Fsp3) is 0.600. The first kappa shape index (κ1) is 16.5. The lowest BCUT2D eigenvalue weighted by atomic mass is 10.2. The van der Waals surface area contributed by atoms with Crippen LogP contribution >= 0.6 is 15.9 Å². The van der Waals surface area contributed by atoms with Gasteiger partial charge in [-0.2, -0.15) is 0 Å². The van der Waals surface area contributed by atoms with E-state index in [0.29, 0.717) is 6.04 Å². The van der Waals surface area contributed by atoms with Crippen molar-refractivity contribution in [1.82, 2.24) is 10.2 Å². The third kappa shape index (κ3) is 5.51. The maximum Gasteiger partial charge on any atom is 0.119 e. The monoisotopic (exact) mass is 328 g/mol. The average molecular weight is 329 g/mol. The molecule has 3 nitrogen and oxygen atoms in total. The van der Waals surface area contributed by atoms with E-state index in [1.54, 1.807) is 7.11 Å². The van der Waals surface area contributed by atoms with Crippen LogP contribution in [0, 0.1) is 0 Å². The van der Waals surface area contributed by atoms with E-state index in [9.17, 15) is 0 Å². The van der Waals surface area contributed by atoms with Crippen LogP contribution in [0.5, 0.6) is 5.75 Å². The van der Waals surface area contributed by atoms with E-state index in [1.807, 2.05) is 12.1 Å². The zero-order valence-electron chi connectivity index (χ0n) is 12.4. The molecule has 1 rings (SSSR count). The Kier molecular flexibility index (Phi) is 7.42. The summed E-state index contributed by atoms with van der Waals surface area (Å²) in [6, 6.07) is 6.70. The molecule has 1 unspecified atom stereocenters. The number of ether oxygens (including phenoxy) is 1. The molecule has 0 aliphatic rings. The number of hydrogen-bond acceptors (Lipinski definition) is 3. The van der Waals surface area contributed by atoms with E-state index < -0.39 is 0 Å². The first-order valence-corrected chi connectivity index (χ1v) is 7.61. The van der Waals surface area contributed by atoms with Crippen molar-refractivity contribution >= 4 is 15.9 Å². The quantitative estimate of drug-likeness (QED) is 0.741. The van der Waals surface area contributed by atoms with E-state index in [2.05, 4.69) is 53.1 Å². The first-order chi connectivity index (χ1) is 9.08. The molecule has 0 spiro atoms. The molecule has 1 N–H and O–H groups in total. The fourth-order valence-electron chi connectivity index (χ4n) is 1.82. The minimum Gasteiger partial charge on any atom is -0.497 e. The van der Waals surface area contributed by atoms with Crippen molar-refractivity contribution in [3.8, 4) is 5.75 Å². The Morgan fingerprint density at radius 3 is 2.79 bits per heavy atom. The third-order valence-electron chi connectivity index (χ3n) is 3.55. The van der Waals surface area contributed by atoms with E-state index >= 15 is 0 Å². The lowest BCUT2D eigenvalue weighted by Gasteiger charge is -2.23. The van der Waals surface area contributed by atoms with Crippen LogP contribution in [0.4, 0.5) is 0 Å². The number of nitrogens with zero attached hydrogens (tertiary/aromatic N) is 1. The molecule has 1 aromatic carbocycles. The van der Waals surface area contributed by atoms with E-state index in [0.717, 1.165) is 29.9 Å². The van der Waals surface area contributed by atoms with Crippen LogP contribution in [0.2, 0.25) is 0 Å². The summed E-state index contributed by atoms with van der Waals surface area (Å²) in [4.78, 5) is 2.38. The molecule has 0 saturated heterocycles. The molecule has 0 saturated carbocycles. The number of hydrogen-bond donors (Lipinski definition) is 1. The van der Waals surface area contributed by atoms with Crippen molar-refractivity contribution in [3.05, 3.63) is 28.2 Å². The van der Waals surface area contributed by atoms with E-state index in [4.69, 9.17) is 4.74 Å². The molecule has 0 fully saturated rings. The van der Waals surface area contributed by atoms with Gasteiger partial charge in [0.2, 0.25) is 0 Å². The Bertz CT molecular complexity index is 384. The minimum absolute atomic E-state index is 0.644. The van der Waals surface area contributed by atoms with Gasteiger partial charge in [-0.05, 0) is 44.2 Å². The zero-order valence-corrected chi connectivity index (χ0v) is 14.0. The number of benzene rings is 1. The predicted molar refractivity (Wildman–Crippen MR) is 84.8 cm³/mol. The number of halogens is 1. The summed E-state index contributed by atoms with van der Waals surface area (Å²) in [5.41, 5.74) is 1.23. The van der Waals surface area contributed by atoms with Gasteiger partial charge in [0, 0.05) is 30.1 Å². The Balaban J connectivity index is 2.37. The molecule has 0 amide bonds. The van der Waals surface area contributed by atoms with Gasteiger partial charge >= 0.3 is 0 Å². The second kappa shape index (κ2) is 8.56. The molecule has 0 aliphatic heterocycles. The summed E-state index contributed by atoms with van der Waals surface area (Å²) in [6.07, 6.45) is 1.19. The van der Waals surface area contributed by atoms with Crippen LogP contribution in [0.15, 0.2) is 22.7 Å². The number of rotatable bonds is 8. The Morgan fingerprint density at radius 2 is 2.16 bits per heavy atom. The molecule has 4 heteroatoms.